The van der Waals surface area contributed by atoms with E-state index in [-0.39, 0.29) is 6.23 Å². The van der Waals surface area contributed by atoms with Gasteiger partial charge in [-0.2, -0.15) is 10.2 Å². The fourth-order valence-electron chi connectivity index (χ4n) is 3.58. The second kappa shape index (κ2) is 6.38. The van der Waals surface area contributed by atoms with Gasteiger partial charge in [0.1, 0.15) is 12.0 Å². The van der Waals surface area contributed by atoms with Crippen LogP contribution in [0, 0.1) is 0 Å². The highest BCUT2D eigenvalue weighted by atomic mass is 16.5. The molecule has 1 N–H and O–H groups in total. The van der Waals surface area contributed by atoms with Gasteiger partial charge in [-0.1, -0.05) is 30.3 Å². The van der Waals surface area contributed by atoms with Crippen LogP contribution in [0.15, 0.2) is 54.9 Å². The number of ether oxygens (including phenoxy) is 1. The lowest BCUT2D eigenvalue weighted by Crippen LogP contribution is -2.19. The first-order valence-corrected chi connectivity index (χ1v) is 8.95. The van der Waals surface area contributed by atoms with Gasteiger partial charge in [0, 0.05) is 23.1 Å². The molecule has 6 heteroatoms. The molecule has 3 heterocycles. The molecule has 1 fully saturated rings. The Hall–Kier alpha value is -2.99. The predicted molar refractivity (Wildman–Crippen MR) is 99.4 cm³/mol. The number of aromatic amines is 1. The topological polar surface area (TPSA) is 68.6 Å². The molecule has 0 spiro atoms. The van der Waals surface area contributed by atoms with E-state index in [1.807, 2.05) is 22.9 Å². The van der Waals surface area contributed by atoms with Crippen molar-refractivity contribution in [3.05, 3.63) is 54.9 Å². The van der Waals surface area contributed by atoms with Gasteiger partial charge in [-0.15, -0.1) is 0 Å². The number of hydrogen-bond donors (Lipinski definition) is 1. The van der Waals surface area contributed by atoms with Crippen LogP contribution in [0.1, 0.15) is 25.5 Å². The number of nitrogens with one attached hydrogen (secondary N) is 1. The van der Waals surface area contributed by atoms with Crippen molar-refractivity contribution in [2.75, 3.05) is 6.61 Å². The van der Waals surface area contributed by atoms with Crippen LogP contribution >= 0.6 is 0 Å². The third kappa shape index (κ3) is 2.59. The average Bonchev–Trinajstić information content (AvgIpc) is 3.37. The van der Waals surface area contributed by atoms with E-state index in [9.17, 15) is 0 Å². The van der Waals surface area contributed by atoms with Gasteiger partial charge in [-0.3, -0.25) is 5.10 Å². The zero-order valence-electron chi connectivity index (χ0n) is 14.3. The highest BCUT2D eigenvalue weighted by molar-refractivity contribution is 5.95. The Morgan fingerprint density at radius 2 is 1.96 bits per heavy atom. The van der Waals surface area contributed by atoms with E-state index in [0.29, 0.717) is 0 Å². The largest absolute Gasteiger partial charge is 0.356 e. The van der Waals surface area contributed by atoms with Crippen molar-refractivity contribution in [3.63, 3.8) is 0 Å². The maximum atomic E-state index is 6.00. The summed E-state index contributed by atoms with van der Waals surface area (Å²) >= 11 is 0. The first-order valence-electron chi connectivity index (χ1n) is 8.95. The second-order valence-electron chi connectivity index (χ2n) is 6.55. The maximum absolute atomic E-state index is 6.00. The van der Waals surface area contributed by atoms with Gasteiger partial charge in [0.15, 0.2) is 12.1 Å². The molecule has 1 aliphatic heterocycles. The van der Waals surface area contributed by atoms with Crippen molar-refractivity contribution in [1.82, 2.24) is 25.0 Å². The molecule has 0 amide bonds. The molecule has 0 saturated carbocycles. The Morgan fingerprint density at radius 1 is 1.04 bits per heavy atom. The van der Waals surface area contributed by atoms with Gasteiger partial charge in [0.25, 0.3) is 0 Å². The summed E-state index contributed by atoms with van der Waals surface area (Å²) in [5.74, 6) is 0.757. The van der Waals surface area contributed by atoms with E-state index in [2.05, 4.69) is 45.5 Å². The van der Waals surface area contributed by atoms with Crippen molar-refractivity contribution >= 4 is 10.9 Å². The zero-order valence-corrected chi connectivity index (χ0v) is 14.3. The molecule has 4 aromatic rings. The predicted octanol–water partition coefficient (Wildman–Crippen LogP) is 4.19. The fraction of sp³-hybridized carbons (Fsp3) is 0.250. The lowest BCUT2D eigenvalue weighted by atomic mass is 10.1. The summed E-state index contributed by atoms with van der Waals surface area (Å²) in [5, 5.41) is 12.9. The highest BCUT2D eigenvalue weighted by Crippen LogP contribution is 2.34. The highest BCUT2D eigenvalue weighted by Gasteiger charge is 2.22. The van der Waals surface area contributed by atoms with Crippen LogP contribution in [0.2, 0.25) is 0 Å². The van der Waals surface area contributed by atoms with Crippen LogP contribution in [0.5, 0.6) is 0 Å². The third-order valence-electron chi connectivity index (χ3n) is 4.87. The summed E-state index contributed by atoms with van der Waals surface area (Å²) in [5.41, 5.74) is 4.15. The standard InChI is InChI=1S/C20H19N5O/c1-2-6-14(7-3-1)19-16-12-15(20-21-13-22-23-20)9-10-17(16)25(24-19)18-8-4-5-11-26-18/h1-3,6-7,9-10,12-13,18H,4-5,8,11H2,(H,21,22,23). The van der Waals surface area contributed by atoms with Gasteiger partial charge in [0.05, 0.1) is 5.52 Å². The number of H-pyrrole nitrogens is 1. The molecule has 5 rings (SSSR count). The molecule has 2 aromatic heterocycles. The van der Waals surface area contributed by atoms with E-state index >= 15 is 0 Å². The average molecular weight is 345 g/mol. The molecular formula is C20H19N5O. The Labute approximate surface area is 150 Å². The number of benzene rings is 2. The minimum atomic E-state index is -0.000147. The van der Waals surface area contributed by atoms with Crippen molar-refractivity contribution < 1.29 is 4.74 Å². The first-order chi connectivity index (χ1) is 12.9. The number of hydrogen-bond acceptors (Lipinski definition) is 4. The number of rotatable bonds is 3. The van der Waals surface area contributed by atoms with E-state index in [0.717, 1.165) is 53.0 Å². The molecule has 0 radical (unpaired) electrons. The molecular weight excluding hydrogens is 326 g/mol. The summed E-state index contributed by atoms with van der Waals surface area (Å²) in [6.45, 7) is 0.794. The molecule has 26 heavy (non-hydrogen) atoms. The normalized spacial score (nSPS) is 17.6. The molecule has 1 unspecified atom stereocenters. The minimum Gasteiger partial charge on any atom is -0.356 e. The van der Waals surface area contributed by atoms with Crippen LogP contribution in [-0.2, 0) is 4.74 Å². The van der Waals surface area contributed by atoms with Gasteiger partial charge in [0.2, 0.25) is 0 Å². The van der Waals surface area contributed by atoms with Gasteiger partial charge in [-0.05, 0) is 37.5 Å². The van der Waals surface area contributed by atoms with Gasteiger partial charge >= 0.3 is 0 Å². The zero-order chi connectivity index (χ0) is 17.3. The Morgan fingerprint density at radius 3 is 2.73 bits per heavy atom. The monoisotopic (exact) mass is 345 g/mol. The van der Waals surface area contributed by atoms with E-state index in [1.165, 1.54) is 12.7 Å². The van der Waals surface area contributed by atoms with E-state index < -0.39 is 0 Å². The molecule has 130 valence electrons. The summed E-state index contributed by atoms with van der Waals surface area (Å²) < 4.78 is 8.04. The van der Waals surface area contributed by atoms with Crippen molar-refractivity contribution in [3.8, 4) is 22.6 Å². The molecule has 1 atom stereocenters. The van der Waals surface area contributed by atoms with Crippen molar-refractivity contribution in [2.24, 2.45) is 0 Å². The van der Waals surface area contributed by atoms with Crippen LogP contribution < -0.4 is 0 Å². The molecule has 2 aromatic carbocycles. The SMILES string of the molecule is c1ccc(-c2nn(C3CCCCO3)c3ccc(-c4ncn[nH]4)cc23)cc1. The first kappa shape index (κ1) is 15.3. The lowest BCUT2D eigenvalue weighted by Gasteiger charge is -2.23. The fourth-order valence-corrected chi connectivity index (χ4v) is 3.58. The lowest BCUT2D eigenvalue weighted by molar-refractivity contribution is -0.0365. The molecule has 0 aliphatic carbocycles. The molecule has 0 bridgehead atoms. The Kier molecular flexibility index (Phi) is 3.75. The Balaban J connectivity index is 1.71. The Bertz CT molecular complexity index is 1020. The van der Waals surface area contributed by atoms with Crippen LogP contribution in [0.3, 0.4) is 0 Å². The van der Waals surface area contributed by atoms with Gasteiger partial charge in [-0.25, -0.2) is 9.67 Å². The summed E-state index contributed by atoms with van der Waals surface area (Å²) in [7, 11) is 0. The number of fused-ring (bicyclic) bond motifs is 1. The quantitative estimate of drug-likeness (QED) is 0.604. The summed E-state index contributed by atoms with van der Waals surface area (Å²) in [6.07, 6.45) is 4.81. The maximum Gasteiger partial charge on any atom is 0.155 e. The van der Waals surface area contributed by atoms with Gasteiger partial charge < -0.3 is 4.74 Å². The molecule has 1 aliphatic rings. The second-order valence-corrected chi connectivity index (χ2v) is 6.55. The van der Waals surface area contributed by atoms with Crippen LogP contribution in [-0.4, -0.2) is 31.6 Å². The molecule has 1 saturated heterocycles. The number of aromatic nitrogens is 5. The molecule has 6 nitrogen and oxygen atoms in total. The van der Waals surface area contributed by atoms with Crippen molar-refractivity contribution in [1.29, 1.82) is 0 Å². The summed E-state index contributed by atoms with van der Waals surface area (Å²) in [4.78, 5) is 4.27. The summed E-state index contributed by atoms with van der Waals surface area (Å²) in [6, 6.07) is 16.6. The smallest absolute Gasteiger partial charge is 0.155 e. The number of nitrogens with zero attached hydrogens (tertiary/aromatic N) is 4. The van der Waals surface area contributed by atoms with E-state index in [1.54, 1.807) is 0 Å². The van der Waals surface area contributed by atoms with E-state index in [4.69, 9.17) is 9.84 Å². The van der Waals surface area contributed by atoms with Crippen molar-refractivity contribution in [2.45, 2.75) is 25.5 Å². The van der Waals surface area contributed by atoms with Crippen LogP contribution in [0.25, 0.3) is 33.5 Å². The third-order valence-corrected chi connectivity index (χ3v) is 4.87. The minimum absolute atomic E-state index is 0.000147. The van der Waals surface area contributed by atoms with Crippen LogP contribution in [0.4, 0.5) is 0 Å².